The van der Waals surface area contributed by atoms with E-state index in [1.165, 1.54) is 21.6 Å². The molecule has 3 rings (SSSR count). The highest BCUT2D eigenvalue weighted by molar-refractivity contribution is 7.13. The third-order valence-corrected chi connectivity index (χ3v) is 3.85. The second kappa shape index (κ2) is 3.11. The summed E-state index contributed by atoms with van der Waals surface area (Å²) in [4.78, 5) is 1.38. The molecule has 0 saturated carbocycles. The lowest BCUT2D eigenvalue weighted by molar-refractivity contribution is 0.224. The van der Waals surface area contributed by atoms with E-state index in [0.29, 0.717) is 0 Å². The molecular weight excluding hydrogens is 204 g/mol. The lowest BCUT2D eigenvalue weighted by atomic mass is 9.98. The number of aryl methyl sites for hydroxylation is 1. The Morgan fingerprint density at radius 2 is 2.13 bits per heavy atom. The average Bonchev–Trinajstić information content (AvgIpc) is 2.66. The molecular formula is C13H12OS. The van der Waals surface area contributed by atoms with E-state index >= 15 is 0 Å². The molecule has 0 bridgehead atoms. The van der Waals surface area contributed by atoms with Gasteiger partial charge in [-0.2, -0.15) is 0 Å². The van der Waals surface area contributed by atoms with Gasteiger partial charge >= 0.3 is 0 Å². The highest BCUT2D eigenvalue weighted by Gasteiger charge is 2.24. The summed E-state index contributed by atoms with van der Waals surface area (Å²) in [6.45, 7) is 4.25. The molecule has 1 unspecified atom stereocenters. The van der Waals surface area contributed by atoms with Gasteiger partial charge in [0.15, 0.2) is 0 Å². The number of benzene rings is 1. The van der Waals surface area contributed by atoms with Crippen molar-refractivity contribution in [2.75, 3.05) is 0 Å². The van der Waals surface area contributed by atoms with Gasteiger partial charge in [-0.15, -0.1) is 11.3 Å². The van der Waals surface area contributed by atoms with Crippen molar-refractivity contribution in [3.05, 3.63) is 40.8 Å². The number of hydrogen-bond acceptors (Lipinski definition) is 2. The Labute approximate surface area is 93.3 Å². The lowest BCUT2D eigenvalue weighted by Gasteiger charge is -2.24. The molecule has 0 fully saturated rings. The Kier molecular flexibility index (Phi) is 1.86. The van der Waals surface area contributed by atoms with Crippen LogP contribution in [-0.2, 0) is 0 Å². The molecule has 2 heteroatoms. The van der Waals surface area contributed by atoms with Crippen LogP contribution >= 0.6 is 11.3 Å². The number of thiophene rings is 1. The zero-order valence-corrected chi connectivity index (χ0v) is 9.60. The molecule has 0 radical (unpaired) electrons. The first kappa shape index (κ1) is 8.98. The van der Waals surface area contributed by atoms with Crippen LogP contribution in [0.25, 0.3) is 10.4 Å². The Balaban J connectivity index is 2.33. The normalized spacial score (nSPS) is 17.9. The Hall–Kier alpha value is -1.28. The second-order valence-electron chi connectivity index (χ2n) is 3.91. The molecule has 2 heterocycles. The molecule has 15 heavy (non-hydrogen) atoms. The molecule has 1 atom stereocenters. The van der Waals surface area contributed by atoms with E-state index in [1.807, 2.05) is 0 Å². The Morgan fingerprint density at radius 3 is 3.00 bits per heavy atom. The molecule has 1 aliphatic heterocycles. The third-order valence-electron chi connectivity index (χ3n) is 2.90. The summed E-state index contributed by atoms with van der Waals surface area (Å²) in [7, 11) is 0. The maximum absolute atomic E-state index is 5.90. The zero-order valence-electron chi connectivity index (χ0n) is 8.78. The standard InChI is InChI=1S/C13H12OS/c1-8-4-3-5-11-12(8)13-10(6-7-15-13)9(2)14-11/h3-7,9H,1-2H3. The van der Waals surface area contributed by atoms with Crippen LogP contribution in [0.5, 0.6) is 5.75 Å². The largest absolute Gasteiger partial charge is 0.485 e. The molecule has 1 aromatic carbocycles. The van der Waals surface area contributed by atoms with Crippen molar-refractivity contribution in [1.29, 1.82) is 0 Å². The fourth-order valence-corrected chi connectivity index (χ4v) is 3.23. The van der Waals surface area contributed by atoms with Crippen LogP contribution in [0, 0.1) is 6.92 Å². The predicted octanol–water partition coefficient (Wildman–Crippen LogP) is 4.18. The van der Waals surface area contributed by atoms with E-state index in [9.17, 15) is 0 Å². The van der Waals surface area contributed by atoms with Crippen molar-refractivity contribution in [1.82, 2.24) is 0 Å². The number of rotatable bonds is 0. The van der Waals surface area contributed by atoms with Crippen molar-refractivity contribution in [2.45, 2.75) is 20.0 Å². The van der Waals surface area contributed by atoms with E-state index in [0.717, 1.165) is 5.75 Å². The molecule has 0 spiro atoms. The minimum absolute atomic E-state index is 0.181. The van der Waals surface area contributed by atoms with Crippen LogP contribution in [-0.4, -0.2) is 0 Å². The van der Waals surface area contributed by atoms with Crippen LogP contribution < -0.4 is 4.74 Å². The van der Waals surface area contributed by atoms with Gasteiger partial charge in [0.25, 0.3) is 0 Å². The summed E-state index contributed by atoms with van der Waals surface area (Å²) >= 11 is 1.81. The van der Waals surface area contributed by atoms with E-state index in [2.05, 4.69) is 43.5 Å². The third kappa shape index (κ3) is 1.21. The van der Waals surface area contributed by atoms with Crippen molar-refractivity contribution in [2.24, 2.45) is 0 Å². The quantitative estimate of drug-likeness (QED) is 0.642. The molecule has 2 aromatic rings. The zero-order chi connectivity index (χ0) is 10.4. The van der Waals surface area contributed by atoms with E-state index in [-0.39, 0.29) is 6.10 Å². The summed E-state index contributed by atoms with van der Waals surface area (Å²) < 4.78 is 5.90. The summed E-state index contributed by atoms with van der Waals surface area (Å²) in [5.41, 5.74) is 3.89. The summed E-state index contributed by atoms with van der Waals surface area (Å²) in [5.74, 6) is 1.03. The molecule has 0 aliphatic carbocycles. The van der Waals surface area contributed by atoms with Gasteiger partial charge in [0, 0.05) is 16.0 Å². The summed E-state index contributed by atoms with van der Waals surface area (Å²) in [6.07, 6.45) is 0.181. The van der Waals surface area contributed by atoms with Gasteiger partial charge < -0.3 is 4.74 Å². The first-order chi connectivity index (χ1) is 7.27. The van der Waals surface area contributed by atoms with Crippen molar-refractivity contribution in [3.63, 3.8) is 0 Å². The van der Waals surface area contributed by atoms with Crippen LogP contribution in [0.2, 0.25) is 0 Å². The van der Waals surface area contributed by atoms with Gasteiger partial charge in [0.05, 0.1) is 0 Å². The highest BCUT2D eigenvalue weighted by Crippen LogP contribution is 2.46. The minimum Gasteiger partial charge on any atom is -0.485 e. The topological polar surface area (TPSA) is 9.23 Å². The maximum Gasteiger partial charge on any atom is 0.129 e. The molecule has 1 nitrogen and oxygen atoms in total. The van der Waals surface area contributed by atoms with Crippen LogP contribution in [0.4, 0.5) is 0 Å². The van der Waals surface area contributed by atoms with Gasteiger partial charge in [-0.1, -0.05) is 12.1 Å². The van der Waals surface area contributed by atoms with Crippen molar-refractivity contribution >= 4 is 11.3 Å². The fraction of sp³-hybridized carbons (Fsp3) is 0.231. The number of fused-ring (bicyclic) bond motifs is 3. The van der Waals surface area contributed by atoms with E-state index in [1.54, 1.807) is 11.3 Å². The lowest BCUT2D eigenvalue weighted by Crippen LogP contribution is -2.09. The first-order valence-corrected chi connectivity index (χ1v) is 5.99. The van der Waals surface area contributed by atoms with Crippen molar-refractivity contribution < 1.29 is 4.74 Å². The van der Waals surface area contributed by atoms with Crippen LogP contribution in [0.1, 0.15) is 24.2 Å². The monoisotopic (exact) mass is 216 g/mol. The predicted molar refractivity (Wildman–Crippen MR) is 63.5 cm³/mol. The molecule has 1 aliphatic rings. The van der Waals surface area contributed by atoms with Crippen LogP contribution in [0.15, 0.2) is 29.6 Å². The second-order valence-corrected chi connectivity index (χ2v) is 4.83. The summed E-state index contributed by atoms with van der Waals surface area (Å²) in [5, 5.41) is 2.14. The van der Waals surface area contributed by atoms with Gasteiger partial charge in [0.2, 0.25) is 0 Å². The Bertz CT molecular complexity index is 513. The molecule has 1 aromatic heterocycles. The molecule has 0 saturated heterocycles. The fourth-order valence-electron chi connectivity index (χ4n) is 2.13. The maximum atomic E-state index is 5.90. The molecule has 76 valence electrons. The number of ether oxygens (including phenoxy) is 1. The van der Waals surface area contributed by atoms with Crippen LogP contribution in [0.3, 0.4) is 0 Å². The van der Waals surface area contributed by atoms with Crippen molar-refractivity contribution in [3.8, 4) is 16.2 Å². The SMILES string of the molecule is Cc1cccc2c1-c1sccc1C(C)O2. The minimum atomic E-state index is 0.181. The molecule has 0 N–H and O–H groups in total. The highest BCUT2D eigenvalue weighted by atomic mass is 32.1. The Morgan fingerprint density at radius 1 is 1.27 bits per heavy atom. The first-order valence-electron chi connectivity index (χ1n) is 5.11. The molecule has 0 amide bonds. The number of hydrogen-bond donors (Lipinski definition) is 0. The average molecular weight is 216 g/mol. The van der Waals surface area contributed by atoms with Gasteiger partial charge in [-0.05, 0) is 36.9 Å². The smallest absolute Gasteiger partial charge is 0.129 e. The van der Waals surface area contributed by atoms with E-state index < -0.39 is 0 Å². The van der Waals surface area contributed by atoms with Gasteiger partial charge in [0.1, 0.15) is 11.9 Å². The van der Waals surface area contributed by atoms with Gasteiger partial charge in [-0.25, -0.2) is 0 Å². The van der Waals surface area contributed by atoms with E-state index in [4.69, 9.17) is 4.74 Å². The van der Waals surface area contributed by atoms with Gasteiger partial charge in [-0.3, -0.25) is 0 Å². The summed E-state index contributed by atoms with van der Waals surface area (Å²) in [6, 6.07) is 8.42.